The second-order valence-electron chi connectivity index (χ2n) is 13.3. The second-order valence-corrected chi connectivity index (χ2v) is 13.3. The molecule has 6 atom stereocenters. The molecule has 0 aliphatic heterocycles. The molecule has 4 N–H and O–H groups in total. The Morgan fingerprint density at radius 3 is 2.14 bits per heavy atom. The van der Waals surface area contributed by atoms with E-state index >= 15 is 0 Å². The molecule has 0 heterocycles. The molecule has 42 heavy (non-hydrogen) atoms. The van der Waals surface area contributed by atoms with Gasteiger partial charge < -0.3 is 20.4 Å². The molecular weight excluding hydrogens is 562 g/mol. The smallest absolute Gasteiger partial charge is 0.393 e. The van der Waals surface area contributed by atoms with Gasteiger partial charge in [-0.2, -0.15) is 26.3 Å². The van der Waals surface area contributed by atoms with Crippen LogP contribution in [0.4, 0.5) is 26.3 Å². The van der Waals surface area contributed by atoms with Crippen LogP contribution in [0.3, 0.4) is 0 Å². The number of allylic oxidation sites excluding steroid dienone is 4. The summed E-state index contributed by atoms with van der Waals surface area (Å²) in [6.07, 6.45) is -5.93. The Hall–Kier alpha value is -1.36. The maximum atomic E-state index is 13.5. The summed E-state index contributed by atoms with van der Waals surface area (Å²) in [6.45, 7) is -2.90. The molecule has 242 valence electrons. The van der Waals surface area contributed by atoms with E-state index in [1.807, 2.05) is 19.1 Å². The number of aliphatic hydroxyl groups is 4. The van der Waals surface area contributed by atoms with E-state index < -0.39 is 66.7 Å². The molecule has 0 aromatic carbocycles. The van der Waals surface area contributed by atoms with Gasteiger partial charge in [0, 0.05) is 8.22 Å². The fourth-order valence-corrected chi connectivity index (χ4v) is 7.93. The molecule has 0 saturated heterocycles. The topological polar surface area (TPSA) is 80.9 Å². The van der Waals surface area contributed by atoms with Crippen molar-refractivity contribution in [2.75, 3.05) is 0 Å². The Kier molecular flexibility index (Phi) is 8.07. The Balaban J connectivity index is 1.99. The van der Waals surface area contributed by atoms with Crippen LogP contribution in [0, 0.1) is 22.7 Å². The van der Waals surface area contributed by atoms with Crippen molar-refractivity contribution in [1.29, 1.82) is 0 Å². The van der Waals surface area contributed by atoms with Gasteiger partial charge in [-0.25, -0.2) is 0 Å². The molecule has 3 rings (SSSR count). The summed E-state index contributed by atoms with van der Waals surface area (Å²) in [5, 5.41) is 40.7. The zero-order valence-corrected chi connectivity index (χ0v) is 24.2. The van der Waals surface area contributed by atoms with E-state index in [4.69, 9.17) is 8.22 Å². The lowest BCUT2D eigenvalue weighted by atomic mass is 9.55. The molecule has 0 bridgehead atoms. The number of hydrogen-bond acceptors (Lipinski definition) is 4. The van der Waals surface area contributed by atoms with E-state index in [-0.39, 0.29) is 37.2 Å². The predicted molar refractivity (Wildman–Crippen MR) is 149 cm³/mol. The van der Waals surface area contributed by atoms with Crippen molar-refractivity contribution < 1.29 is 55.0 Å². The predicted octanol–water partition coefficient (Wildman–Crippen LogP) is 7.71. The third kappa shape index (κ3) is 7.83. The van der Waals surface area contributed by atoms with Crippen LogP contribution in [0.25, 0.3) is 0 Å². The molecule has 3 aliphatic rings. The molecule has 3 saturated carbocycles. The molecular formula is C32H48F6O4. The quantitative estimate of drug-likeness (QED) is 0.158. The summed E-state index contributed by atoms with van der Waals surface area (Å²) >= 11 is 0. The number of aliphatic hydroxyl groups excluding tert-OH is 2. The van der Waals surface area contributed by atoms with Gasteiger partial charge in [0.2, 0.25) is 0 Å². The molecule has 0 radical (unpaired) electrons. The van der Waals surface area contributed by atoms with Crippen molar-refractivity contribution in [2.24, 2.45) is 22.7 Å². The van der Waals surface area contributed by atoms with E-state index in [1.54, 1.807) is 6.92 Å². The van der Waals surface area contributed by atoms with Crippen LogP contribution in [-0.2, 0) is 0 Å². The van der Waals surface area contributed by atoms with Gasteiger partial charge in [0.25, 0.3) is 5.60 Å². The van der Waals surface area contributed by atoms with Crippen LogP contribution in [0.15, 0.2) is 35.5 Å². The molecule has 1 unspecified atom stereocenters. The number of alkyl halides is 6. The fraction of sp³-hybridized carbons (Fsp3) is 0.812. The van der Waals surface area contributed by atoms with Crippen molar-refractivity contribution in [1.82, 2.24) is 0 Å². The first kappa shape index (κ1) is 27.0. The largest absolute Gasteiger partial charge is 0.429 e. The van der Waals surface area contributed by atoms with E-state index in [1.165, 1.54) is 0 Å². The third-order valence-corrected chi connectivity index (χ3v) is 9.97. The number of hydrogen-bond donors (Lipinski definition) is 4. The molecule has 0 amide bonds. The Bertz CT molecular complexity index is 1190. The summed E-state index contributed by atoms with van der Waals surface area (Å²) in [5.74, 6) is -0.313. The third-order valence-electron chi connectivity index (χ3n) is 9.97. The Morgan fingerprint density at radius 1 is 0.952 bits per heavy atom. The van der Waals surface area contributed by atoms with Crippen LogP contribution in [0.1, 0.15) is 113 Å². The summed E-state index contributed by atoms with van der Waals surface area (Å²) in [4.78, 5) is 0. The zero-order valence-electron chi connectivity index (χ0n) is 30.2. The van der Waals surface area contributed by atoms with Gasteiger partial charge in [-0.05, 0) is 113 Å². The van der Waals surface area contributed by atoms with Gasteiger partial charge in [0.15, 0.2) is 0 Å². The van der Waals surface area contributed by atoms with Gasteiger partial charge in [-0.15, -0.1) is 0 Å². The highest BCUT2D eigenvalue weighted by atomic mass is 19.4. The van der Waals surface area contributed by atoms with Crippen molar-refractivity contribution in [3.63, 3.8) is 0 Å². The lowest BCUT2D eigenvalue weighted by Crippen LogP contribution is -2.55. The van der Waals surface area contributed by atoms with Gasteiger partial charge in [-0.1, -0.05) is 49.6 Å². The average molecular weight is 617 g/mol. The Labute approximate surface area is 254 Å². The van der Waals surface area contributed by atoms with Gasteiger partial charge in [0.1, 0.15) is 0 Å². The maximum absolute atomic E-state index is 13.5. The van der Waals surface area contributed by atoms with E-state index in [9.17, 15) is 46.8 Å². The summed E-state index contributed by atoms with van der Waals surface area (Å²) in [6, 6.07) is 0. The number of halogens is 6. The van der Waals surface area contributed by atoms with Gasteiger partial charge in [0.05, 0.1) is 17.8 Å². The average Bonchev–Trinajstić information content (AvgIpc) is 3.27. The fourth-order valence-electron chi connectivity index (χ4n) is 7.93. The maximum Gasteiger partial charge on any atom is 0.429 e. The molecule has 3 fully saturated rings. The SMILES string of the molecule is [2H]C([2H])([2H])C(O)(CCC[C@@](C)(C/C=C\C(O)(C(F)(F)F)C(F)(F)F)[C@H]1CCC2/C(=C/C=C3C[C@@H](O)C[C@H](O)C3)CCC[C@@]21C)C([2H])([2H])[2H]. The zero-order chi connectivity index (χ0) is 36.8. The molecule has 10 heteroatoms. The highest BCUT2D eigenvalue weighted by Gasteiger charge is 2.69. The molecule has 0 aromatic heterocycles. The first-order chi connectivity index (χ1) is 21.6. The van der Waals surface area contributed by atoms with Crippen molar-refractivity contribution in [2.45, 2.75) is 140 Å². The van der Waals surface area contributed by atoms with Crippen LogP contribution in [0.5, 0.6) is 0 Å². The summed E-state index contributed by atoms with van der Waals surface area (Å²) in [5.41, 5.74) is -7.75. The first-order valence-corrected chi connectivity index (χ1v) is 14.6. The van der Waals surface area contributed by atoms with Crippen LogP contribution in [0.2, 0.25) is 0 Å². The van der Waals surface area contributed by atoms with E-state index in [0.717, 1.165) is 24.0 Å². The molecule has 0 spiro atoms. The molecule has 4 nitrogen and oxygen atoms in total. The Morgan fingerprint density at radius 2 is 1.57 bits per heavy atom. The van der Waals surface area contributed by atoms with Crippen LogP contribution < -0.4 is 0 Å². The molecule has 0 aromatic rings. The van der Waals surface area contributed by atoms with Gasteiger partial charge >= 0.3 is 12.4 Å². The minimum absolute atomic E-state index is 0.00110. The highest BCUT2D eigenvalue weighted by molar-refractivity contribution is 5.27. The van der Waals surface area contributed by atoms with Gasteiger partial charge in [-0.3, -0.25) is 0 Å². The van der Waals surface area contributed by atoms with Crippen LogP contribution in [-0.4, -0.2) is 56.2 Å². The number of fused-ring (bicyclic) bond motifs is 1. The van der Waals surface area contributed by atoms with E-state index in [2.05, 4.69) is 0 Å². The molecule has 3 aliphatic carbocycles. The second kappa shape index (κ2) is 12.6. The standard InChI is InChI=1S/C32H48F6O4/c1-27(2,41)13-6-14-28(3,15-7-17-30(42,31(33,34)35)32(36,37)38)26-12-11-25-22(8-5-16-29(25,26)4)10-9-21-18-23(39)20-24(40)19-21/h7,9-10,17,23-26,39-42H,5-6,8,11-16,18-20H2,1-4H3/b17-7-,22-10+/t23-,24-,25?,26-,28+,29+/m1/s1/i1D3,2D3. The monoisotopic (exact) mass is 616 g/mol. The summed E-state index contributed by atoms with van der Waals surface area (Å²) < 4.78 is 127. The van der Waals surface area contributed by atoms with Crippen molar-refractivity contribution in [3.05, 3.63) is 35.5 Å². The lowest BCUT2D eigenvalue weighted by Gasteiger charge is -2.49. The number of rotatable bonds is 9. The van der Waals surface area contributed by atoms with Crippen molar-refractivity contribution in [3.8, 4) is 0 Å². The van der Waals surface area contributed by atoms with Crippen molar-refractivity contribution >= 4 is 0 Å². The normalized spacial score (nSPS) is 35.0. The minimum Gasteiger partial charge on any atom is -0.393 e. The van der Waals surface area contributed by atoms with Crippen LogP contribution >= 0.6 is 0 Å². The minimum atomic E-state index is -6.06. The first-order valence-electron chi connectivity index (χ1n) is 17.6. The lowest BCUT2D eigenvalue weighted by molar-refractivity contribution is -0.347. The van der Waals surface area contributed by atoms with E-state index in [0.29, 0.717) is 44.6 Å². The summed E-state index contributed by atoms with van der Waals surface area (Å²) in [7, 11) is 0. The highest BCUT2D eigenvalue weighted by Crippen LogP contribution is 2.64.